The molecule has 6 nitrogen and oxygen atoms in total. The Morgan fingerprint density at radius 3 is 2.61 bits per heavy atom. The summed E-state index contributed by atoms with van der Waals surface area (Å²) in [6, 6.07) is 11.4. The molecule has 0 saturated carbocycles. The summed E-state index contributed by atoms with van der Waals surface area (Å²) in [7, 11) is 0. The third-order valence-corrected chi connectivity index (χ3v) is 5.76. The van der Waals surface area contributed by atoms with Gasteiger partial charge >= 0.3 is 0 Å². The van der Waals surface area contributed by atoms with Crippen LogP contribution in [0.4, 0.5) is 10.1 Å². The van der Waals surface area contributed by atoms with Gasteiger partial charge in [0.05, 0.1) is 12.5 Å². The third kappa shape index (κ3) is 4.35. The van der Waals surface area contributed by atoms with Crippen molar-refractivity contribution < 1.29 is 14.0 Å². The maximum absolute atomic E-state index is 13.2. The van der Waals surface area contributed by atoms with Crippen LogP contribution in [0.15, 0.2) is 55.0 Å². The first-order chi connectivity index (χ1) is 14.9. The molecule has 0 bridgehead atoms. The van der Waals surface area contributed by atoms with Crippen molar-refractivity contribution in [3.63, 3.8) is 0 Å². The molecule has 4 rings (SSSR count). The fourth-order valence-corrected chi connectivity index (χ4v) is 3.96. The monoisotopic (exact) mass is 420 g/mol. The minimum absolute atomic E-state index is 0.0302. The molecule has 1 unspecified atom stereocenters. The number of halogens is 1. The van der Waals surface area contributed by atoms with Crippen molar-refractivity contribution in [1.29, 1.82) is 0 Å². The summed E-state index contributed by atoms with van der Waals surface area (Å²) in [4.78, 5) is 31.8. The highest BCUT2D eigenvalue weighted by Crippen LogP contribution is 2.23. The van der Waals surface area contributed by atoms with Crippen LogP contribution in [-0.4, -0.2) is 38.9 Å². The van der Waals surface area contributed by atoms with Gasteiger partial charge in [0, 0.05) is 29.5 Å². The lowest BCUT2D eigenvalue weighted by atomic mass is 10.0. The molecule has 1 fully saturated rings. The zero-order valence-corrected chi connectivity index (χ0v) is 17.6. The molecule has 31 heavy (non-hydrogen) atoms. The van der Waals surface area contributed by atoms with Gasteiger partial charge in [0.2, 0.25) is 0 Å². The number of carbonyl (C=O) groups excluding carboxylic acids is 2. The summed E-state index contributed by atoms with van der Waals surface area (Å²) in [6.45, 7) is 4.73. The minimum Gasteiger partial charge on any atom is -0.336 e. The van der Waals surface area contributed by atoms with Crippen LogP contribution in [0.3, 0.4) is 0 Å². The second-order valence-electron chi connectivity index (χ2n) is 7.95. The Bertz CT molecular complexity index is 1110. The number of amides is 2. The summed E-state index contributed by atoms with van der Waals surface area (Å²) in [5, 5.41) is 2.89. The Morgan fingerprint density at radius 2 is 1.90 bits per heavy atom. The van der Waals surface area contributed by atoms with Crippen LogP contribution < -0.4 is 5.32 Å². The number of carbonyl (C=O) groups is 2. The Morgan fingerprint density at radius 1 is 1.13 bits per heavy atom. The van der Waals surface area contributed by atoms with Crippen LogP contribution in [0.25, 0.3) is 5.69 Å². The van der Waals surface area contributed by atoms with Crippen LogP contribution in [0.2, 0.25) is 0 Å². The number of nitrogens with one attached hydrogen (secondary N) is 1. The van der Waals surface area contributed by atoms with E-state index in [-0.39, 0.29) is 23.7 Å². The average Bonchev–Trinajstić information content (AvgIpc) is 3.25. The highest BCUT2D eigenvalue weighted by Gasteiger charge is 2.24. The second kappa shape index (κ2) is 8.71. The van der Waals surface area contributed by atoms with Crippen LogP contribution in [0.1, 0.15) is 52.6 Å². The van der Waals surface area contributed by atoms with E-state index in [1.165, 1.54) is 24.7 Å². The van der Waals surface area contributed by atoms with E-state index in [4.69, 9.17) is 0 Å². The molecule has 0 spiro atoms. The number of benzene rings is 2. The standard InChI is InChI=1S/C24H25FN4O2/c1-16-13-18(24(31)28-12-4-3-5-17(28)2)6-11-21(16)27-23(30)22-14-26-15-29(22)20-9-7-19(25)8-10-20/h6-11,13-15,17H,3-5,12H2,1-2H3,(H,27,30). The van der Waals surface area contributed by atoms with Gasteiger partial charge in [-0.25, -0.2) is 9.37 Å². The number of rotatable bonds is 4. The molecule has 0 radical (unpaired) electrons. The lowest BCUT2D eigenvalue weighted by Gasteiger charge is -2.33. The zero-order chi connectivity index (χ0) is 22.0. The number of piperidine rings is 1. The highest BCUT2D eigenvalue weighted by atomic mass is 19.1. The van der Waals surface area contributed by atoms with Crippen molar-refractivity contribution in [3.05, 3.63) is 77.6 Å². The minimum atomic E-state index is -0.348. The number of likely N-dealkylation sites (tertiary alicyclic amines) is 1. The highest BCUT2D eigenvalue weighted by molar-refractivity contribution is 6.04. The van der Waals surface area contributed by atoms with Crippen molar-refractivity contribution in [2.45, 2.75) is 39.2 Å². The summed E-state index contributed by atoms with van der Waals surface area (Å²) in [6.07, 6.45) is 6.19. The predicted molar refractivity (Wildman–Crippen MR) is 117 cm³/mol. The van der Waals surface area contributed by atoms with Gasteiger partial charge in [0.1, 0.15) is 11.5 Å². The lowest BCUT2D eigenvalue weighted by molar-refractivity contribution is 0.0635. The largest absolute Gasteiger partial charge is 0.336 e. The van der Waals surface area contributed by atoms with E-state index in [1.807, 2.05) is 17.9 Å². The van der Waals surface area contributed by atoms with E-state index in [0.29, 0.717) is 22.6 Å². The summed E-state index contributed by atoms with van der Waals surface area (Å²) in [5.41, 5.74) is 3.02. The molecular formula is C24H25FN4O2. The Kier molecular flexibility index (Phi) is 5.84. The molecule has 2 heterocycles. The Hall–Kier alpha value is -3.48. The van der Waals surface area contributed by atoms with Crippen LogP contribution >= 0.6 is 0 Å². The first-order valence-electron chi connectivity index (χ1n) is 10.5. The summed E-state index contributed by atoms with van der Waals surface area (Å²) in [5.74, 6) is -0.657. The predicted octanol–water partition coefficient (Wildman–Crippen LogP) is 4.59. The molecule has 1 atom stereocenters. The molecular weight excluding hydrogens is 395 g/mol. The molecule has 160 valence electrons. The van der Waals surface area contributed by atoms with Crippen molar-refractivity contribution in [2.24, 2.45) is 0 Å². The van der Waals surface area contributed by atoms with E-state index in [0.717, 1.165) is 31.4 Å². The van der Waals surface area contributed by atoms with E-state index in [1.54, 1.807) is 28.8 Å². The van der Waals surface area contributed by atoms with Gasteiger partial charge in [-0.05, 0) is 81.1 Å². The average molecular weight is 420 g/mol. The molecule has 2 aromatic carbocycles. The number of hydrogen-bond acceptors (Lipinski definition) is 3. The van der Waals surface area contributed by atoms with E-state index < -0.39 is 0 Å². The Balaban J connectivity index is 1.52. The zero-order valence-electron chi connectivity index (χ0n) is 17.6. The molecule has 3 aromatic rings. The Labute approximate surface area is 180 Å². The molecule has 1 N–H and O–H groups in total. The molecule has 1 aromatic heterocycles. The van der Waals surface area contributed by atoms with Crippen molar-refractivity contribution in [1.82, 2.24) is 14.5 Å². The summed E-state index contributed by atoms with van der Waals surface area (Å²) >= 11 is 0. The van der Waals surface area contributed by atoms with Crippen molar-refractivity contribution >= 4 is 17.5 Å². The molecule has 1 aliphatic heterocycles. The summed E-state index contributed by atoms with van der Waals surface area (Å²) < 4.78 is 14.8. The smallest absolute Gasteiger partial charge is 0.274 e. The van der Waals surface area contributed by atoms with E-state index in [2.05, 4.69) is 17.2 Å². The molecule has 2 amide bonds. The fourth-order valence-electron chi connectivity index (χ4n) is 3.96. The molecule has 1 aliphatic rings. The van der Waals surface area contributed by atoms with E-state index >= 15 is 0 Å². The number of imidazole rings is 1. The molecule has 0 aliphatic carbocycles. The van der Waals surface area contributed by atoms with Crippen molar-refractivity contribution in [2.75, 3.05) is 11.9 Å². The normalized spacial score (nSPS) is 16.2. The molecule has 7 heteroatoms. The SMILES string of the molecule is Cc1cc(C(=O)N2CCCCC2C)ccc1NC(=O)c1cncn1-c1ccc(F)cc1. The van der Waals surface area contributed by atoms with Crippen LogP contribution in [0, 0.1) is 12.7 Å². The van der Waals surface area contributed by atoms with Gasteiger partial charge in [0.25, 0.3) is 11.8 Å². The number of hydrogen-bond donors (Lipinski definition) is 1. The number of anilines is 1. The second-order valence-corrected chi connectivity index (χ2v) is 7.95. The van der Waals surface area contributed by atoms with Gasteiger partial charge in [-0.1, -0.05) is 0 Å². The van der Waals surface area contributed by atoms with Crippen molar-refractivity contribution in [3.8, 4) is 5.69 Å². The third-order valence-electron chi connectivity index (χ3n) is 5.76. The van der Waals surface area contributed by atoms with Gasteiger partial charge in [-0.2, -0.15) is 0 Å². The van der Waals surface area contributed by atoms with Crippen LogP contribution in [-0.2, 0) is 0 Å². The number of aryl methyl sites for hydroxylation is 1. The maximum Gasteiger partial charge on any atom is 0.274 e. The number of aromatic nitrogens is 2. The maximum atomic E-state index is 13.2. The van der Waals surface area contributed by atoms with Gasteiger partial charge in [0.15, 0.2) is 0 Å². The van der Waals surface area contributed by atoms with E-state index in [9.17, 15) is 14.0 Å². The fraction of sp³-hybridized carbons (Fsp3) is 0.292. The number of nitrogens with zero attached hydrogens (tertiary/aromatic N) is 3. The topological polar surface area (TPSA) is 67.2 Å². The molecule has 1 saturated heterocycles. The van der Waals surface area contributed by atoms with Gasteiger partial charge in [-0.15, -0.1) is 0 Å². The first kappa shape index (κ1) is 20.8. The lowest BCUT2D eigenvalue weighted by Crippen LogP contribution is -2.42. The quantitative estimate of drug-likeness (QED) is 0.671. The van der Waals surface area contributed by atoms with Gasteiger partial charge < -0.3 is 10.2 Å². The first-order valence-corrected chi connectivity index (χ1v) is 10.5. The van der Waals surface area contributed by atoms with Gasteiger partial charge in [-0.3, -0.25) is 14.2 Å². The van der Waals surface area contributed by atoms with Crippen LogP contribution in [0.5, 0.6) is 0 Å².